The van der Waals surface area contributed by atoms with Crippen molar-refractivity contribution in [2.75, 3.05) is 64.1 Å². The highest BCUT2D eigenvalue weighted by Crippen LogP contribution is 2.42. The molecule has 13 heteroatoms. The maximum absolute atomic E-state index is 13.7. The topological polar surface area (TPSA) is 120 Å². The molecule has 1 heterocycles. The standard InChI is InChI=1S/C39H56N3O8SSi/c1-9-41(10-2)29-18-21-33-36(26-29)50-37-27-30(42(11-3)12-4)19-22-34(37)38(33)32-23-20-31(28-35(32)39(43)46-13-5)51(44,45)40-24-17-25-52(47-14-6,48-15-7)49-16-8/h18-23,26-28,40H,9-17,24-25H2,1-8H3/q+1. The predicted octanol–water partition coefficient (Wildman–Crippen LogP) is 6.76. The molecule has 0 atom stereocenters. The summed E-state index contributed by atoms with van der Waals surface area (Å²) < 4.78 is 62.2. The fourth-order valence-corrected chi connectivity index (χ4v) is 10.3. The van der Waals surface area contributed by atoms with Gasteiger partial charge in [0.1, 0.15) is 24.4 Å². The van der Waals surface area contributed by atoms with E-state index in [4.69, 9.17) is 22.4 Å². The first-order valence-electron chi connectivity index (χ1n) is 18.6. The zero-order valence-electron chi connectivity index (χ0n) is 32.0. The number of nitrogens with one attached hydrogen (secondary N) is 1. The van der Waals surface area contributed by atoms with Gasteiger partial charge in [-0.3, -0.25) is 0 Å². The maximum atomic E-state index is 13.7. The van der Waals surface area contributed by atoms with Crippen LogP contribution in [-0.4, -0.2) is 82.3 Å². The average molecular weight is 755 g/mol. The molecule has 0 saturated heterocycles. The first-order valence-corrected chi connectivity index (χ1v) is 22.0. The summed E-state index contributed by atoms with van der Waals surface area (Å²) in [5.41, 5.74) is 3.93. The van der Waals surface area contributed by atoms with Gasteiger partial charge in [-0.1, -0.05) is 6.07 Å². The summed E-state index contributed by atoms with van der Waals surface area (Å²) >= 11 is 0. The highest BCUT2D eigenvalue weighted by molar-refractivity contribution is 7.89. The second-order valence-corrected chi connectivity index (χ2v) is 16.6. The molecule has 0 fully saturated rings. The number of hydrogen-bond donors (Lipinski definition) is 1. The van der Waals surface area contributed by atoms with Crippen molar-refractivity contribution >= 4 is 41.5 Å². The first-order chi connectivity index (χ1) is 25.0. The Bertz CT molecular complexity index is 1940. The molecule has 0 aromatic heterocycles. The molecular formula is C39H56N3O8SSi+. The van der Waals surface area contributed by atoms with E-state index in [1.54, 1.807) is 13.0 Å². The van der Waals surface area contributed by atoms with Crippen LogP contribution >= 0.6 is 0 Å². The van der Waals surface area contributed by atoms with E-state index in [2.05, 4.69) is 54.0 Å². The largest absolute Gasteiger partial charge is 0.500 e. The fraction of sp³-hybridized carbons (Fsp3) is 0.487. The lowest BCUT2D eigenvalue weighted by atomic mass is 9.90. The lowest BCUT2D eigenvalue weighted by Crippen LogP contribution is -2.46. The van der Waals surface area contributed by atoms with E-state index >= 15 is 0 Å². The number of esters is 1. The van der Waals surface area contributed by atoms with Crippen LogP contribution in [0, 0.1) is 0 Å². The van der Waals surface area contributed by atoms with Crippen LogP contribution < -0.4 is 19.6 Å². The lowest BCUT2D eigenvalue weighted by Gasteiger charge is -2.28. The third-order valence-corrected chi connectivity index (χ3v) is 13.7. The van der Waals surface area contributed by atoms with Crippen LogP contribution in [0.2, 0.25) is 6.04 Å². The van der Waals surface area contributed by atoms with Gasteiger partial charge in [-0.25, -0.2) is 22.5 Å². The molecule has 284 valence electrons. The van der Waals surface area contributed by atoms with Crippen LogP contribution in [0.5, 0.6) is 0 Å². The van der Waals surface area contributed by atoms with Crippen molar-refractivity contribution in [3.63, 3.8) is 0 Å². The fourth-order valence-electron chi connectivity index (χ4n) is 6.61. The Morgan fingerprint density at radius 2 is 1.46 bits per heavy atom. The van der Waals surface area contributed by atoms with E-state index in [-0.39, 0.29) is 23.6 Å². The summed E-state index contributed by atoms with van der Waals surface area (Å²) in [5.74, 6) is 0.0413. The SMILES string of the molecule is CCOC(=O)c1cc(S(=O)(=O)NCCC[Si](OCC)(OCC)OCC)ccc1-c1c2ccc(=[N+](CC)CC)cc-2oc2cc(N(CC)CC)ccc12. The zero-order chi connectivity index (χ0) is 37.9. The summed E-state index contributed by atoms with van der Waals surface area (Å²) in [6, 6.07) is 17.3. The van der Waals surface area contributed by atoms with Gasteiger partial charge >= 0.3 is 14.8 Å². The zero-order valence-corrected chi connectivity index (χ0v) is 33.9. The number of fused-ring (bicyclic) bond motifs is 2. The van der Waals surface area contributed by atoms with Crippen LogP contribution in [-0.2, 0) is 28.0 Å². The number of hydrogen-bond acceptors (Lipinski definition) is 9. The van der Waals surface area contributed by atoms with Gasteiger partial charge in [0.05, 0.1) is 23.1 Å². The Labute approximate surface area is 310 Å². The quantitative estimate of drug-likeness (QED) is 0.0344. The minimum Gasteiger partial charge on any atom is -0.462 e. The highest BCUT2D eigenvalue weighted by atomic mass is 32.2. The van der Waals surface area contributed by atoms with E-state index in [1.165, 1.54) is 12.1 Å². The van der Waals surface area contributed by atoms with Crippen molar-refractivity contribution in [3.05, 3.63) is 65.5 Å². The van der Waals surface area contributed by atoms with Crippen molar-refractivity contribution < 1.29 is 35.6 Å². The van der Waals surface area contributed by atoms with E-state index in [9.17, 15) is 13.2 Å². The maximum Gasteiger partial charge on any atom is 0.500 e. The smallest absolute Gasteiger partial charge is 0.462 e. The molecule has 1 aliphatic heterocycles. The van der Waals surface area contributed by atoms with Gasteiger partial charge in [0.15, 0.2) is 0 Å². The molecule has 52 heavy (non-hydrogen) atoms. The minimum atomic E-state index is -4.01. The molecule has 1 N–H and O–H groups in total. The number of carbonyl (C=O) groups excluding carboxylic acids is 1. The molecular weight excluding hydrogens is 699 g/mol. The summed E-state index contributed by atoms with van der Waals surface area (Å²) in [5, 5.41) is 1.82. The number of nitrogens with zero attached hydrogens (tertiary/aromatic N) is 2. The number of rotatable bonds is 20. The molecule has 1 aliphatic carbocycles. The van der Waals surface area contributed by atoms with Gasteiger partial charge in [-0.15, -0.1) is 0 Å². The van der Waals surface area contributed by atoms with Crippen LogP contribution in [0.15, 0.2) is 63.9 Å². The van der Waals surface area contributed by atoms with Crippen LogP contribution in [0.4, 0.5) is 5.69 Å². The minimum absolute atomic E-state index is 0.0379. The Hall–Kier alpha value is -3.59. The summed E-state index contributed by atoms with van der Waals surface area (Å²) in [6.45, 7) is 20.8. The number of sulfonamides is 1. The molecule has 0 amide bonds. The van der Waals surface area contributed by atoms with E-state index < -0.39 is 24.8 Å². The second-order valence-electron chi connectivity index (χ2n) is 12.1. The normalized spacial score (nSPS) is 12.1. The van der Waals surface area contributed by atoms with Crippen molar-refractivity contribution in [3.8, 4) is 22.5 Å². The molecule has 2 aromatic rings. The average Bonchev–Trinajstić information content (AvgIpc) is 3.13. The van der Waals surface area contributed by atoms with Gasteiger partial charge in [0.25, 0.3) is 0 Å². The third kappa shape index (κ3) is 9.30. The molecule has 0 radical (unpaired) electrons. The Balaban J connectivity index is 1.85. The third-order valence-electron chi connectivity index (χ3n) is 9.06. The van der Waals surface area contributed by atoms with Crippen molar-refractivity contribution in [1.82, 2.24) is 9.30 Å². The highest BCUT2D eigenvalue weighted by Gasteiger charge is 2.39. The number of anilines is 1. The monoisotopic (exact) mass is 754 g/mol. The molecule has 0 spiro atoms. The van der Waals surface area contributed by atoms with Crippen molar-refractivity contribution in [2.24, 2.45) is 0 Å². The van der Waals surface area contributed by atoms with Gasteiger partial charge < -0.3 is 27.3 Å². The van der Waals surface area contributed by atoms with Gasteiger partial charge in [0, 0.05) is 79.8 Å². The number of carbonyl (C=O) groups is 1. The Kier molecular flexibility index (Phi) is 15.0. The van der Waals surface area contributed by atoms with Crippen LogP contribution in [0.1, 0.15) is 72.2 Å². The summed E-state index contributed by atoms with van der Waals surface area (Å²) in [7, 11) is -6.94. The van der Waals surface area contributed by atoms with E-state index in [0.717, 1.165) is 53.7 Å². The lowest BCUT2D eigenvalue weighted by molar-refractivity contribution is 0.0526. The van der Waals surface area contributed by atoms with Gasteiger partial charge in [0.2, 0.25) is 15.4 Å². The Morgan fingerprint density at radius 3 is 2.06 bits per heavy atom. The molecule has 2 aliphatic rings. The summed E-state index contributed by atoms with van der Waals surface area (Å²) in [4.78, 5) is 15.9. The van der Waals surface area contributed by atoms with E-state index in [0.29, 0.717) is 49.2 Å². The predicted molar refractivity (Wildman–Crippen MR) is 209 cm³/mol. The number of ether oxygens (including phenoxy) is 1. The van der Waals surface area contributed by atoms with Crippen molar-refractivity contribution in [1.29, 1.82) is 0 Å². The molecule has 0 saturated carbocycles. The molecule has 11 nitrogen and oxygen atoms in total. The van der Waals surface area contributed by atoms with Crippen molar-refractivity contribution in [2.45, 2.75) is 72.8 Å². The molecule has 4 rings (SSSR count). The second kappa shape index (κ2) is 18.9. The summed E-state index contributed by atoms with van der Waals surface area (Å²) in [6.07, 6.45) is 0.449. The molecule has 0 unspecified atom stereocenters. The van der Waals surface area contributed by atoms with Crippen LogP contribution in [0.25, 0.3) is 33.4 Å². The first kappa shape index (κ1) is 41.2. The van der Waals surface area contributed by atoms with Gasteiger partial charge in [-0.05, 0) is 97.7 Å². The Morgan fingerprint density at radius 1 is 0.808 bits per heavy atom. The number of benzene rings is 3. The van der Waals surface area contributed by atoms with Crippen LogP contribution in [0.3, 0.4) is 0 Å². The molecule has 0 bridgehead atoms. The molecule has 2 aromatic carbocycles. The van der Waals surface area contributed by atoms with E-state index in [1.807, 2.05) is 45.0 Å². The van der Waals surface area contributed by atoms with Gasteiger partial charge in [-0.2, -0.15) is 0 Å².